The molecule has 0 radical (unpaired) electrons. The topological polar surface area (TPSA) is 89.1 Å². The number of halogens is 1. The first-order chi connectivity index (χ1) is 6.09. The van der Waals surface area contributed by atoms with Gasteiger partial charge in [-0.25, -0.2) is 9.97 Å². The van der Waals surface area contributed by atoms with Gasteiger partial charge in [-0.3, -0.25) is 4.79 Å². The molecule has 1 aromatic heterocycles. The SMILES string of the molecule is N[C@@H](Cc1ccnc(Cl)n1)C(=O)O. The second-order valence-electron chi connectivity index (χ2n) is 2.47. The van der Waals surface area contributed by atoms with Crippen LogP contribution in [0.15, 0.2) is 12.3 Å². The standard InChI is InChI=1S/C7H8ClN3O2/c8-7-10-2-1-4(11-7)3-5(9)6(12)13/h1-2,5H,3,9H2,(H,12,13)/t5-/m0/s1. The van der Waals surface area contributed by atoms with Gasteiger partial charge >= 0.3 is 5.97 Å². The number of hydrogen-bond acceptors (Lipinski definition) is 4. The molecule has 5 nitrogen and oxygen atoms in total. The Kier molecular flexibility index (Phi) is 3.16. The lowest BCUT2D eigenvalue weighted by atomic mass is 10.2. The fourth-order valence-corrected chi connectivity index (χ4v) is 0.961. The largest absolute Gasteiger partial charge is 0.480 e. The van der Waals surface area contributed by atoms with Crippen LogP contribution in [0.4, 0.5) is 0 Å². The number of rotatable bonds is 3. The molecule has 1 heterocycles. The van der Waals surface area contributed by atoms with E-state index in [1.165, 1.54) is 6.20 Å². The number of carbonyl (C=O) groups is 1. The number of nitrogens with zero attached hydrogens (tertiary/aromatic N) is 2. The highest BCUT2D eigenvalue weighted by molar-refractivity contribution is 6.28. The van der Waals surface area contributed by atoms with E-state index in [4.69, 9.17) is 22.4 Å². The maximum atomic E-state index is 10.4. The van der Waals surface area contributed by atoms with Gasteiger partial charge in [-0.2, -0.15) is 0 Å². The molecule has 0 saturated carbocycles. The maximum Gasteiger partial charge on any atom is 0.320 e. The van der Waals surface area contributed by atoms with Crippen LogP contribution in [0.25, 0.3) is 0 Å². The quantitative estimate of drug-likeness (QED) is 0.677. The summed E-state index contributed by atoms with van der Waals surface area (Å²) in [6.45, 7) is 0. The fourth-order valence-electron chi connectivity index (χ4n) is 0.796. The van der Waals surface area contributed by atoms with Crippen LogP contribution in [0.2, 0.25) is 5.28 Å². The van der Waals surface area contributed by atoms with Crippen molar-refractivity contribution in [2.75, 3.05) is 0 Å². The molecule has 70 valence electrons. The Morgan fingerprint density at radius 1 is 1.77 bits per heavy atom. The Balaban J connectivity index is 2.69. The smallest absolute Gasteiger partial charge is 0.320 e. The third-order valence-electron chi connectivity index (χ3n) is 1.43. The molecule has 0 aliphatic rings. The summed E-state index contributed by atoms with van der Waals surface area (Å²) < 4.78 is 0. The number of hydrogen-bond donors (Lipinski definition) is 2. The summed E-state index contributed by atoms with van der Waals surface area (Å²) in [7, 11) is 0. The van der Waals surface area contributed by atoms with Gasteiger partial charge in [0.2, 0.25) is 5.28 Å². The van der Waals surface area contributed by atoms with Gasteiger partial charge in [0.05, 0.1) is 0 Å². The molecule has 3 N–H and O–H groups in total. The van der Waals surface area contributed by atoms with Gasteiger partial charge < -0.3 is 10.8 Å². The van der Waals surface area contributed by atoms with E-state index >= 15 is 0 Å². The molecule has 1 rings (SSSR count). The Morgan fingerprint density at radius 2 is 2.46 bits per heavy atom. The van der Waals surface area contributed by atoms with E-state index in [1.807, 2.05) is 0 Å². The lowest BCUT2D eigenvalue weighted by Gasteiger charge is -2.04. The van der Waals surface area contributed by atoms with Gasteiger partial charge in [-0.05, 0) is 17.7 Å². The number of aromatic nitrogens is 2. The van der Waals surface area contributed by atoms with Crippen molar-refractivity contribution in [1.82, 2.24) is 9.97 Å². The summed E-state index contributed by atoms with van der Waals surface area (Å²) in [5, 5.41) is 8.60. The molecule has 13 heavy (non-hydrogen) atoms. The molecule has 0 unspecified atom stereocenters. The Hall–Kier alpha value is -1.20. The Labute approximate surface area is 79.6 Å². The van der Waals surface area contributed by atoms with Crippen LogP contribution in [0.5, 0.6) is 0 Å². The minimum atomic E-state index is -1.06. The van der Waals surface area contributed by atoms with Crippen LogP contribution in [0.1, 0.15) is 5.69 Å². The summed E-state index contributed by atoms with van der Waals surface area (Å²) in [4.78, 5) is 17.9. The van der Waals surface area contributed by atoms with Gasteiger partial charge in [-0.1, -0.05) is 0 Å². The number of carboxylic acids is 1. The van der Waals surface area contributed by atoms with Gasteiger partial charge in [-0.15, -0.1) is 0 Å². The van der Waals surface area contributed by atoms with Crippen LogP contribution in [-0.2, 0) is 11.2 Å². The van der Waals surface area contributed by atoms with Crippen LogP contribution in [-0.4, -0.2) is 27.1 Å². The molecule has 0 bridgehead atoms. The second kappa shape index (κ2) is 4.15. The molecular weight excluding hydrogens is 194 g/mol. The fraction of sp³-hybridized carbons (Fsp3) is 0.286. The third kappa shape index (κ3) is 2.96. The minimum absolute atomic E-state index is 0.0927. The van der Waals surface area contributed by atoms with Crippen LogP contribution < -0.4 is 5.73 Å². The molecule has 6 heteroatoms. The lowest BCUT2D eigenvalue weighted by Crippen LogP contribution is -2.32. The van der Waals surface area contributed by atoms with E-state index in [0.717, 1.165) is 0 Å². The average molecular weight is 202 g/mol. The van der Waals surface area contributed by atoms with Crippen molar-refractivity contribution in [3.63, 3.8) is 0 Å². The molecule has 1 atom stereocenters. The van der Waals surface area contributed by atoms with E-state index in [9.17, 15) is 4.79 Å². The van der Waals surface area contributed by atoms with Crippen molar-refractivity contribution in [2.45, 2.75) is 12.5 Å². The van der Waals surface area contributed by atoms with Crippen LogP contribution >= 0.6 is 11.6 Å². The summed E-state index contributed by atoms with van der Waals surface area (Å²) in [6, 6.07) is 0.625. The second-order valence-corrected chi connectivity index (χ2v) is 2.80. The predicted molar refractivity (Wildman–Crippen MR) is 46.4 cm³/mol. The van der Waals surface area contributed by atoms with Crippen molar-refractivity contribution in [3.8, 4) is 0 Å². The minimum Gasteiger partial charge on any atom is -0.480 e. The van der Waals surface area contributed by atoms with Crippen molar-refractivity contribution >= 4 is 17.6 Å². The summed E-state index contributed by atoms with van der Waals surface area (Å²) in [6.07, 6.45) is 1.61. The Morgan fingerprint density at radius 3 is 3.00 bits per heavy atom. The molecule has 1 aromatic rings. The zero-order valence-corrected chi connectivity index (χ0v) is 7.40. The lowest BCUT2D eigenvalue weighted by molar-refractivity contribution is -0.138. The zero-order valence-electron chi connectivity index (χ0n) is 6.64. The molecular formula is C7H8ClN3O2. The van der Waals surface area contributed by atoms with Gasteiger partial charge in [0.1, 0.15) is 6.04 Å². The van der Waals surface area contributed by atoms with Crippen molar-refractivity contribution < 1.29 is 9.90 Å². The first-order valence-electron chi connectivity index (χ1n) is 3.55. The number of aliphatic carboxylic acids is 1. The highest BCUT2D eigenvalue weighted by Gasteiger charge is 2.12. The summed E-state index contributed by atoms with van der Waals surface area (Å²) in [5.41, 5.74) is 5.82. The average Bonchev–Trinajstić information content (AvgIpc) is 2.04. The van der Waals surface area contributed by atoms with E-state index in [2.05, 4.69) is 9.97 Å². The first kappa shape index (κ1) is 9.88. The molecule has 0 amide bonds. The predicted octanol–water partition coefficient (Wildman–Crippen LogP) is 0.0844. The molecule has 0 aliphatic carbocycles. The monoisotopic (exact) mass is 201 g/mol. The summed E-state index contributed by atoms with van der Waals surface area (Å²) in [5.74, 6) is -1.06. The number of carboxylic acid groups (broad SMARTS) is 1. The normalized spacial score (nSPS) is 12.5. The van der Waals surface area contributed by atoms with Crippen molar-refractivity contribution in [2.24, 2.45) is 5.73 Å². The first-order valence-corrected chi connectivity index (χ1v) is 3.93. The van der Waals surface area contributed by atoms with E-state index in [0.29, 0.717) is 5.69 Å². The van der Waals surface area contributed by atoms with E-state index in [1.54, 1.807) is 6.07 Å². The molecule has 0 saturated heterocycles. The molecule has 0 fully saturated rings. The maximum absolute atomic E-state index is 10.4. The van der Waals surface area contributed by atoms with E-state index < -0.39 is 12.0 Å². The van der Waals surface area contributed by atoms with Gasteiger partial charge in [0.15, 0.2) is 0 Å². The molecule has 0 aliphatic heterocycles. The van der Waals surface area contributed by atoms with Crippen LogP contribution in [0, 0.1) is 0 Å². The van der Waals surface area contributed by atoms with E-state index in [-0.39, 0.29) is 11.7 Å². The zero-order chi connectivity index (χ0) is 9.84. The molecule has 0 aromatic carbocycles. The van der Waals surface area contributed by atoms with Gasteiger partial charge in [0.25, 0.3) is 0 Å². The summed E-state index contributed by atoms with van der Waals surface area (Å²) >= 11 is 5.50. The number of nitrogens with two attached hydrogens (primary N) is 1. The highest BCUT2D eigenvalue weighted by Crippen LogP contribution is 2.02. The van der Waals surface area contributed by atoms with Crippen molar-refractivity contribution in [3.05, 3.63) is 23.2 Å². The Bertz CT molecular complexity index is 318. The third-order valence-corrected chi connectivity index (χ3v) is 1.61. The highest BCUT2D eigenvalue weighted by atomic mass is 35.5. The van der Waals surface area contributed by atoms with Crippen LogP contribution in [0.3, 0.4) is 0 Å². The van der Waals surface area contributed by atoms with Gasteiger partial charge in [0, 0.05) is 18.3 Å². The van der Waals surface area contributed by atoms with Crippen molar-refractivity contribution in [1.29, 1.82) is 0 Å². The molecule has 0 spiro atoms.